The quantitative estimate of drug-likeness (QED) is 0.619. The Bertz CT molecular complexity index is 528. The van der Waals surface area contributed by atoms with Gasteiger partial charge in [0.1, 0.15) is 0 Å². The molecule has 0 radical (unpaired) electrons. The smallest absolute Gasteiger partial charge is 0.0488 e. The molecule has 0 N–H and O–H groups in total. The van der Waals surface area contributed by atoms with Gasteiger partial charge < -0.3 is 4.57 Å². The fraction of sp³-hybridized carbons (Fsp3) is 0.333. The Balaban J connectivity index is 2.63. The summed E-state index contributed by atoms with van der Waals surface area (Å²) in [5.41, 5.74) is 4.23. The molecule has 0 aliphatic carbocycles. The van der Waals surface area contributed by atoms with Crippen molar-refractivity contribution in [1.82, 2.24) is 4.57 Å². The first kappa shape index (κ1) is 13.7. The van der Waals surface area contributed by atoms with E-state index in [4.69, 9.17) is 0 Å². The molecule has 1 aromatic carbocycles. The minimum atomic E-state index is 0.886. The Labute approximate surface area is 116 Å². The Morgan fingerprint density at radius 1 is 1.16 bits per heavy atom. The number of unbranched alkanes of at least 4 members (excludes halogenated alkanes) is 1. The fourth-order valence-electron chi connectivity index (χ4n) is 2.77. The molecule has 0 unspecified atom stereocenters. The molecule has 0 saturated heterocycles. The summed E-state index contributed by atoms with van der Waals surface area (Å²) in [6.45, 7) is 10.9. The van der Waals surface area contributed by atoms with E-state index in [0.717, 1.165) is 19.4 Å². The fourth-order valence-corrected chi connectivity index (χ4v) is 2.77. The van der Waals surface area contributed by atoms with Crippen molar-refractivity contribution in [1.29, 1.82) is 0 Å². The first-order valence-electron chi connectivity index (χ1n) is 7.14. The molecule has 0 aliphatic heterocycles. The lowest BCUT2D eigenvalue weighted by Gasteiger charge is -2.09. The largest absolute Gasteiger partial charge is 0.340 e. The lowest BCUT2D eigenvalue weighted by Crippen LogP contribution is -2.03. The van der Waals surface area contributed by atoms with Gasteiger partial charge in [-0.3, -0.25) is 0 Å². The van der Waals surface area contributed by atoms with Crippen LogP contribution in [0.25, 0.3) is 10.9 Å². The van der Waals surface area contributed by atoms with Gasteiger partial charge in [-0.15, -0.1) is 13.2 Å². The molecule has 0 aliphatic rings. The second kappa shape index (κ2) is 6.42. The molecule has 1 nitrogen and oxygen atoms in total. The molecule has 0 fully saturated rings. The summed E-state index contributed by atoms with van der Waals surface area (Å²) in [7, 11) is 0. The van der Waals surface area contributed by atoms with Gasteiger partial charge in [0.15, 0.2) is 0 Å². The number of hydrogen-bond donors (Lipinski definition) is 0. The second-order valence-corrected chi connectivity index (χ2v) is 4.94. The maximum atomic E-state index is 3.91. The minimum absolute atomic E-state index is 0.886. The van der Waals surface area contributed by atoms with E-state index in [-0.39, 0.29) is 0 Å². The topological polar surface area (TPSA) is 4.93 Å². The summed E-state index contributed by atoms with van der Waals surface area (Å²) in [5.74, 6) is 0. The van der Waals surface area contributed by atoms with Gasteiger partial charge in [-0.05, 0) is 30.9 Å². The van der Waals surface area contributed by atoms with Crippen LogP contribution in [0.15, 0.2) is 49.6 Å². The molecule has 0 saturated carbocycles. The molecular formula is C18H23N. The second-order valence-electron chi connectivity index (χ2n) is 4.94. The van der Waals surface area contributed by atoms with E-state index in [1.54, 1.807) is 0 Å². The zero-order chi connectivity index (χ0) is 13.7. The van der Waals surface area contributed by atoms with Gasteiger partial charge in [-0.1, -0.05) is 43.7 Å². The third-order valence-electron chi connectivity index (χ3n) is 3.62. The van der Waals surface area contributed by atoms with Crippen LogP contribution in [0.3, 0.4) is 0 Å². The first-order valence-corrected chi connectivity index (χ1v) is 7.14. The van der Waals surface area contributed by atoms with Crippen molar-refractivity contribution in [2.75, 3.05) is 0 Å². The third-order valence-corrected chi connectivity index (χ3v) is 3.62. The highest BCUT2D eigenvalue weighted by atomic mass is 15.0. The van der Waals surface area contributed by atoms with Crippen LogP contribution in [0.4, 0.5) is 0 Å². The molecule has 2 aromatic rings. The highest BCUT2D eigenvalue weighted by Crippen LogP contribution is 2.28. The van der Waals surface area contributed by atoms with Crippen LogP contribution in [-0.4, -0.2) is 4.57 Å². The van der Waals surface area contributed by atoms with Crippen molar-refractivity contribution in [3.05, 3.63) is 60.8 Å². The van der Waals surface area contributed by atoms with Crippen LogP contribution in [0.2, 0.25) is 0 Å². The van der Waals surface area contributed by atoms with Gasteiger partial charge in [0.25, 0.3) is 0 Å². The molecule has 0 atom stereocenters. The number of para-hydroxylation sites is 1. The van der Waals surface area contributed by atoms with E-state index in [1.165, 1.54) is 35.0 Å². The van der Waals surface area contributed by atoms with Gasteiger partial charge in [-0.2, -0.15) is 0 Å². The van der Waals surface area contributed by atoms with Gasteiger partial charge in [-0.25, -0.2) is 0 Å². The number of nitrogens with zero attached hydrogens (tertiary/aromatic N) is 1. The van der Waals surface area contributed by atoms with Crippen molar-refractivity contribution < 1.29 is 0 Å². The monoisotopic (exact) mass is 253 g/mol. The Hall–Kier alpha value is -1.76. The van der Waals surface area contributed by atoms with Crippen LogP contribution < -0.4 is 0 Å². The van der Waals surface area contributed by atoms with Crippen molar-refractivity contribution in [3.63, 3.8) is 0 Å². The molecule has 1 heterocycles. The normalized spacial score (nSPS) is 10.8. The van der Waals surface area contributed by atoms with E-state index < -0.39 is 0 Å². The van der Waals surface area contributed by atoms with Crippen LogP contribution in [0.5, 0.6) is 0 Å². The summed E-state index contributed by atoms with van der Waals surface area (Å²) >= 11 is 0. The molecular weight excluding hydrogens is 230 g/mol. The van der Waals surface area contributed by atoms with Crippen LogP contribution >= 0.6 is 0 Å². The summed E-state index contributed by atoms with van der Waals surface area (Å²) < 4.78 is 2.41. The minimum Gasteiger partial charge on any atom is -0.340 e. The highest BCUT2D eigenvalue weighted by Gasteiger charge is 2.14. The number of aromatic nitrogens is 1. The van der Waals surface area contributed by atoms with Crippen molar-refractivity contribution >= 4 is 10.9 Å². The number of allylic oxidation sites excluding steroid dienone is 2. The van der Waals surface area contributed by atoms with E-state index in [9.17, 15) is 0 Å². The Morgan fingerprint density at radius 3 is 2.63 bits per heavy atom. The third kappa shape index (κ3) is 2.65. The van der Waals surface area contributed by atoms with Gasteiger partial charge in [0.05, 0.1) is 0 Å². The Kier molecular flexibility index (Phi) is 4.62. The summed E-state index contributed by atoms with van der Waals surface area (Å²) in [6, 6.07) is 8.67. The van der Waals surface area contributed by atoms with E-state index in [0.29, 0.717) is 0 Å². The predicted molar refractivity (Wildman–Crippen MR) is 84.6 cm³/mol. The molecule has 2 rings (SSSR count). The average Bonchev–Trinajstić information content (AvgIpc) is 2.72. The van der Waals surface area contributed by atoms with Crippen LogP contribution in [0, 0.1) is 0 Å². The molecule has 0 bridgehead atoms. The summed E-state index contributed by atoms with van der Waals surface area (Å²) in [6.07, 6.45) is 8.54. The van der Waals surface area contributed by atoms with Crippen LogP contribution in [-0.2, 0) is 19.4 Å². The zero-order valence-electron chi connectivity index (χ0n) is 11.9. The maximum Gasteiger partial charge on any atom is 0.0488 e. The lowest BCUT2D eigenvalue weighted by molar-refractivity contribution is 0.712. The summed E-state index contributed by atoms with van der Waals surface area (Å²) in [4.78, 5) is 0. The standard InChI is InChI=1S/C18H23N/c1-4-7-12-17-15(10-5-2)16-11-8-9-13-18(16)19(17)14-6-3/h5-6,8-9,11,13H,2-4,7,10,12,14H2,1H3. The number of rotatable bonds is 7. The highest BCUT2D eigenvalue weighted by molar-refractivity contribution is 5.86. The number of benzene rings is 1. The molecule has 0 amide bonds. The molecule has 0 spiro atoms. The Morgan fingerprint density at radius 2 is 1.95 bits per heavy atom. The van der Waals surface area contributed by atoms with Crippen molar-refractivity contribution in [2.45, 2.75) is 39.2 Å². The molecule has 1 heteroatoms. The van der Waals surface area contributed by atoms with E-state index >= 15 is 0 Å². The molecule has 1 aromatic heterocycles. The number of fused-ring (bicyclic) bond motifs is 1. The van der Waals surface area contributed by atoms with Crippen LogP contribution in [0.1, 0.15) is 31.0 Å². The average molecular weight is 253 g/mol. The van der Waals surface area contributed by atoms with Gasteiger partial charge in [0.2, 0.25) is 0 Å². The molecule has 19 heavy (non-hydrogen) atoms. The predicted octanol–water partition coefficient (Wildman–Crippen LogP) is 4.90. The SMILES string of the molecule is C=CCc1c(CCCC)n(CC=C)c2ccccc12. The zero-order valence-corrected chi connectivity index (χ0v) is 11.9. The van der Waals surface area contributed by atoms with E-state index in [2.05, 4.69) is 48.9 Å². The summed E-state index contributed by atoms with van der Waals surface area (Å²) in [5, 5.41) is 1.37. The number of hydrogen-bond acceptors (Lipinski definition) is 0. The van der Waals surface area contributed by atoms with Crippen molar-refractivity contribution in [2.24, 2.45) is 0 Å². The van der Waals surface area contributed by atoms with Gasteiger partial charge >= 0.3 is 0 Å². The van der Waals surface area contributed by atoms with Gasteiger partial charge in [0, 0.05) is 23.1 Å². The van der Waals surface area contributed by atoms with Crippen molar-refractivity contribution in [3.8, 4) is 0 Å². The van der Waals surface area contributed by atoms with E-state index in [1.807, 2.05) is 12.2 Å². The molecule has 100 valence electrons. The lowest BCUT2D eigenvalue weighted by atomic mass is 10.0. The first-order chi connectivity index (χ1) is 9.33. The maximum absolute atomic E-state index is 3.91.